The van der Waals surface area contributed by atoms with Crippen molar-refractivity contribution in [1.29, 1.82) is 0 Å². The predicted molar refractivity (Wildman–Crippen MR) is 123 cm³/mol. The summed E-state index contributed by atoms with van der Waals surface area (Å²) >= 11 is 2.93. The minimum Gasteiger partial charge on any atom is -0.383 e. The Hall–Kier alpha value is -2.16. The van der Waals surface area contributed by atoms with Crippen LogP contribution >= 0.6 is 23.1 Å². The average Bonchev–Trinajstić information content (AvgIpc) is 3.12. The van der Waals surface area contributed by atoms with E-state index in [0.717, 1.165) is 40.7 Å². The van der Waals surface area contributed by atoms with Gasteiger partial charge in [-0.25, -0.2) is 4.98 Å². The van der Waals surface area contributed by atoms with Gasteiger partial charge in [-0.05, 0) is 49.8 Å². The van der Waals surface area contributed by atoms with Crippen LogP contribution in [0.2, 0.25) is 0 Å². The SMILES string of the molecule is COCCn1c(SCC(=O)Nc2ccccc2C)nc2sc3c(c2c1=O)CCCC3. The number of thioether (sulfide) groups is 1. The number of amides is 1. The monoisotopic (exact) mass is 443 g/mol. The van der Waals surface area contributed by atoms with Crippen LogP contribution in [0.4, 0.5) is 5.69 Å². The van der Waals surface area contributed by atoms with E-state index in [9.17, 15) is 9.59 Å². The highest BCUT2D eigenvalue weighted by Gasteiger charge is 2.22. The number of anilines is 1. The molecule has 158 valence electrons. The molecule has 1 aliphatic rings. The zero-order chi connectivity index (χ0) is 21.1. The summed E-state index contributed by atoms with van der Waals surface area (Å²) in [6.45, 7) is 2.80. The van der Waals surface area contributed by atoms with E-state index in [1.807, 2.05) is 31.2 Å². The number of hydrogen-bond donors (Lipinski definition) is 1. The average molecular weight is 444 g/mol. The molecule has 8 heteroatoms. The zero-order valence-electron chi connectivity index (χ0n) is 17.2. The molecule has 1 aliphatic carbocycles. The van der Waals surface area contributed by atoms with E-state index in [2.05, 4.69) is 5.32 Å². The lowest BCUT2D eigenvalue weighted by atomic mass is 9.97. The molecule has 1 aromatic carbocycles. The number of hydrogen-bond acceptors (Lipinski definition) is 6. The first-order valence-electron chi connectivity index (χ1n) is 10.1. The van der Waals surface area contributed by atoms with E-state index in [-0.39, 0.29) is 17.2 Å². The number of nitrogens with zero attached hydrogens (tertiary/aromatic N) is 2. The summed E-state index contributed by atoms with van der Waals surface area (Å²) in [6.07, 6.45) is 4.25. The van der Waals surface area contributed by atoms with Crippen molar-refractivity contribution in [2.45, 2.75) is 44.3 Å². The number of ether oxygens (including phenoxy) is 1. The molecule has 6 nitrogen and oxygen atoms in total. The molecule has 30 heavy (non-hydrogen) atoms. The van der Waals surface area contributed by atoms with E-state index in [1.165, 1.54) is 28.6 Å². The van der Waals surface area contributed by atoms with Gasteiger partial charge < -0.3 is 10.1 Å². The van der Waals surface area contributed by atoms with Crippen LogP contribution in [0.25, 0.3) is 10.2 Å². The standard InChI is InChI=1S/C22H25N3O3S2/c1-14-7-3-5-9-16(14)23-18(26)13-29-22-24-20-19(21(27)25(22)11-12-28-2)15-8-4-6-10-17(15)30-20/h3,5,7,9H,4,6,8,10-13H2,1-2H3,(H,23,26). The molecule has 0 aliphatic heterocycles. The van der Waals surface area contributed by atoms with Crippen molar-refractivity contribution in [2.24, 2.45) is 0 Å². The lowest BCUT2D eigenvalue weighted by Crippen LogP contribution is -2.26. The number of carbonyl (C=O) groups excluding carboxylic acids is 1. The Morgan fingerprint density at radius 3 is 2.90 bits per heavy atom. The molecule has 0 atom stereocenters. The fourth-order valence-corrected chi connectivity index (χ4v) is 5.87. The maximum atomic E-state index is 13.3. The largest absolute Gasteiger partial charge is 0.383 e. The lowest BCUT2D eigenvalue weighted by molar-refractivity contribution is -0.113. The number of methoxy groups -OCH3 is 1. The number of fused-ring (bicyclic) bond motifs is 3. The number of nitrogens with one attached hydrogen (secondary N) is 1. The van der Waals surface area contributed by atoms with Crippen molar-refractivity contribution in [2.75, 3.05) is 24.8 Å². The zero-order valence-corrected chi connectivity index (χ0v) is 18.8. The number of rotatable bonds is 7. The highest BCUT2D eigenvalue weighted by Crippen LogP contribution is 2.34. The van der Waals surface area contributed by atoms with Crippen LogP contribution in [0.3, 0.4) is 0 Å². The minimum absolute atomic E-state index is 0.0155. The van der Waals surface area contributed by atoms with Gasteiger partial charge >= 0.3 is 0 Å². The molecule has 0 fully saturated rings. The Morgan fingerprint density at radius 1 is 1.30 bits per heavy atom. The van der Waals surface area contributed by atoms with Crippen LogP contribution in [-0.2, 0) is 28.9 Å². The maximum Gasteiger partial charge on any atom is 0.263 e. The fourth-order valence-electron chi connectivity index (χ4n) is 3.74. The van der Waals surface area contributed by atoms with Crippen LogP contribution < -0.4 is 10.9 Å². The predicted octanol–water partition coefficient (Wildman–Crippen LogP) is 4.02. The Labute approximate surface area is 183 Å². The van der Waals surface area contributed by atoms with Crippen molar-refractivity contribution in [3.05, 3.63) is 50.6 Å². The summed E-state index contributed by atoms with van der Waals surface area (Å²) in [7, 11) is 1.62. The molecule has 2 aromatic heterocycles. The van der Waals surface area contributed by atoms with E-state index in [1.54, 1.807) is 23.0 Å². The minimum atomic E-state index is -0.118. The van der Waals surface area contributed by atoms with Gasteiger partial charge in [-0.1, -0.05) is 30.0 Å². The van der Waals surface area contributed by atoms with Gasteiger partial charge in [0.05, 0.1) is 24.3 Å². The smallest absolute Gasteiger partial charge is 0.263 e. The van der Waals surface area contributed by atoms with Crippen molar-refractivity contribution >= 4 is 44.9 Å². The molecule has 0 spiro atoms. The summed E-state index contributed by atoms with van der Waals surface area (Å²) in [5.41, 5.74) is 2.97. The highest BCUT2D eigenvalue weighted by molar-refractivity contribution is 7.99. The van der Waals surface area contributed by atoms with Crippen LogP contribution in [0.15, 0.2) is 34.2 Å². The molecule has 0 saturated heterocycles. The van der Waals surface area contributed by atoms with Crippen molar-refractivity contribution in [3.8, 4) is 0 Å². The lowest BCUT2D eigenvalue weighted by Gasteiger charge is -2.13. The van der Waals surface area contributed by atoms with Crippen molar-refractivity contribution in [3.63, 3.8) is 0 Å². The third-order valence-corrected chi connectivity index (χ3v) is 7.47. The number of para-hydroxylation sites is 1. The summed E-state index contributed by atoms with van der Waals surface area (Å²) in [4.78, 5) is 32.7. The van der Waals surface area contributed by atoms with Crippen LogP contribution in [0.1, 0.15) is 28.8 Å². The molecule has 0 saturated carbocycles. The number of aryl methyl sites for hydroxylation is 3. The van der Waals surface area contributed by atoms with Crippen LogP contribution in [0, 0.1) is 6.92 Å². The maximum absolute atomic E-state index is 13.3. The first-order chi connectivity index (χ1) is 14.6. The fraction of sp³-hybridized carbons (Fsp3) is 0.409. The topological polar surface area (TPSA) is 73.2 Å². The van der Waals surface area contributed by atoms with E-state index in [4.69, 9.17) is 9.72 Å². The molecule has 1 amide bonds. The summed E-state index contributed by atoms with van der Waals surface area (Å²) in [5.74, 6) is 0.0667. The van der Waals surface area contributed by atoms with Gasteiger partial charge in [-0.2, -0.15) is 0 Å². The van der Waals surface area contributed by atoms with Gasteiger partial charge in [-0.15, -0.1) is 11.3 Å². The molecule has 4 rings (SSSR count). The van der Waals surface area contributed by atoms with Gasteiger partial charge in [0, 0.05) is 17.7 Å². The first kappa shape index (κ1) is 21.1. The van der Waals surface area contributed by atoms with E-state index < -0.39 is 0 Å². The summed E-state index contributed by atoms with van der Waals surface area (Å²) < 4.78 is 6.87. The number of benzene rings is 1. The Balaban J connectivity index is 1.61. The van der Waals surface area contributed by atoms with Crippen LogP contribution in [0.5, 0.6) is 0 Å². The van der Waals surface area contributed by atoms with Crippen molar-refractivity contribution in [1.82, 2.24) is 9.55 Å². The van der Waals surface area contributed by atoms with Gasteiger partial charge in [0.15, 0.2) is 5.16 Å². The van der Waals surface area contributed by atoms with Gasteiger partial charge in [0.1, 0.15) is 4.83 Å². The van der Waals surface area contributed by atoms with Crippen LogP contribution in [-0.4, -0.2) is 34.9 Å². The second-order valence-corrected chi connectivity index (χ2v) is 9.41. The van der Waals surface area contributed by atoms with Gasteiger partial charge in [0.25, 0.3) is 5.56 Å². The molecular weight excluding hydrogens is 418 g/mol. The Bertz CT molecular complexity index is 1140. The normalized spacial score (nSPS) is 13.4. The number of carbonyl (C=O) groups is 1. The van der Waals surface area contributed by atoms with Crippen molar-refractivity contribution < 1.29 is 9.53 Å². The third kappa shape index (κ3) is 4.31. The first-order valence-corrected chi connectivity index (χ1v) is 11.9. The molecular formula is C22H25N3O3S2. The second-order valence-electron chi connectivity index (χ2n) is 7.39. The Morgan fingerprint density at radius 2 is 2.10 bits per heavy atom. The Kier molecular flexibility index (Phi) is 6.55. The van der Waals surface area contributed by atoms with Gasteiger partial charge in [-0.3, -0.25) is 14.2 Å². The summed E-state index contributed by atoms with van der Waals surface area (Å²) in [6, 6.07) is 7.67. The second kappa shape index (κ2) is 9.32. The molecule has 0 unspecified atom stereocenters. The molecule has 0 radical (unpaired) electrons. The third-order valence-electron chi connectivity index (χ3n) is 5.31. The summed E-state index contributed by atoms with van der Waals surface area (Å²) in [5, 5.41) is 4.27. The molecule has 0 bridgehead atoms. The number of thiophene rings is 1. The highest BCUT2D eigenvalue weighted by atomic mass is 32.2. The molecule has 1 N–H and O–H groups in total. The van der Waals surface area contributed by atoms with Gasteiger partial charge in [0.2, 0.25) is 5.91 Å². The van der Waals surface area contributed by atoms with E-state index in [0.29, 0.717) is 18.3 Å². The number of aromatic nitrogens is 2. The quantitative estimate of drug-likeness (QED) is 0.441. The van der Waals surface area contributed by atoms with E-state index >= 15 is 0 Å². The molecule has 3 aromatic rings. The molecule has 2 heterocycles.